The zero-order valence-electron chi connectivity index (χ0n) is 6.92. The molecule has 2 aliphatic carbocycles. The highest BCUT2D eigenvalue weighted by molar-refractivity contribution is 4.97. The molecule has 0 radical (unpaired) electrons. The molecule has 2 rings (SSSR count). The first kappa shape index (κ1) is 7.56. The maximum atomic E-state index is 9.20. The van der Waals surface area contributed by atoms with E-state index in [-0.39, 0.29) is 6.10 Å². The molecule has 2 aliphatic rings. The Kier molecular flexibility index (Phi) is 1.69. The van der Waals surface area contributed by atoms with E-state index in [0.717, 1.165) is 12.8 Å². The Morgan fingerprint density at radius 2 is 1.73 bits per heavy atom. The fourth-order valence-electron chi connectivity index (χ4n) is 2.60. The summed E-state index contributed by atoms with van der Waals surface area (Å²) in [7, 11) is 0. The number of hydrogen-bond donors (Lipinski definition) is 2. The van der Waals surface area contributed by atoms with Gasteiger partial charge in [-0.25, -0.2) is 0 Å². The predicted octanol–water partition coefficient (Wildman–Crippen LogP) is 1.03. The minimum Gasteiger partial charge on any atom is -0.393 e. The normalized spacial score (nSPS) is 50.7. The van der Waals surface area contributed by atoms with Crippen molar-refractivity contribution in [2.24, 2.45) is 11.1 Å². The summed E-state index contributed by atoms with van der Waals surface area (Å²) in [6.45, 7) is 0. The fraction of sp³-hybridized carbons (Fsp3) is 1.00. The highest BCUT2D eigenvalue weighted by atomic mass is 16.3. The Balaban J connectivity index is 1.88. The molecule has 0 aliphatic heterocycles. The molecule has 0 amide bonds. The summed E-state index contributed by atoms with van der Waals surface area (Å²) in [5.74, 6) is 0. The van der Waals surface area contributed by atoms with E-state index in [1.54, 1.807) is 0 Å². The first-order chi connectivity index (χ1) is 5.20. The van der Waals surface area contributed by atoms with E-state index >= 15 is 0 Å². The molecule has 0 unspecified atom stereocenters. The zero-order valence-corrected chi connectivity index (χ0v) is 6.92. The molecule has 2 nitrogen and oxygen atoms in total. The molecule has 0 atom stereocenters. The van der Waals surface area contributed by atoms with E-state index in [0.29, 0.717) is 11.5 Å². The third kappa shape index (κ3) is 1.30. The largest absolute Gasteiger partial charge is 0.393 e. The van der Waals surface area contributed by atoms with Gasteiger partial charge in [-0.2, -0.15) is 0 Å². The second-order valence-corrected chi connectivity index (χ2v) is 4.40. The summed E-state index contributed by atoms with van der Waals surface area (Å²) in [5, 5.41) is 9.20. The van der Waals surface area contributed by atoms with E-state index in [1.807, 2.05) is 0 Å². The van der Waals surface area contributed by atoms with Crippen molar-refractivity contribution in [2.45, 2.75) is 50.7 Å². The van der Waals surface area contributed by atoms with Crippen LogP contribution in [0.3, 0.4) is 0 Å². The standard InChI is InChI=1S/C9H17NO/c10-7-1-3-9(4-2-7)5-8(11)6-9/h7-8,11H,1-6,10H2. The second-order valence-electron chi connectivity index (χ2n) is 4.40. The lowest BCUT2D eigenvalue weighted by molar-refractivity contribution is -0.0563. The van der Waals surface area contributed by atoms with Crippen molar-refractivity contribution in [1.29, 1.82) is 0 Å². The Morgan fingerprint density at radius 3 is 2.18 bits per heavy atom. The summed E-state index contributed by atoms with van der Waals surface area (Å²) < 4.78 is 0. The fourth-order valence-corrected chi connectivity index (χ4v) is 2.60. The van der Waals surface area contributed by atoms with Gasteiger partial charge in [-0.1, -0.05) is 0 Å². The van der Waals surface area contributed by atoms with Crippen LogP contribution in [0.4, 0.5) is 0 Å². The number of nitrogens with two attached hydrogens (primary N) is 1. The SMILES string of the molecule is NC1CCC2(CC1)CC(O)C2. The Bertz CT molecular complexity index is 142. The molecule has 11 heavy (non-hydrogen) atoms. The molecule has 2 saturated carbocycles. The summed E-state index contributed by atoms with van der Waals surface area (Å²) >= 11 is 0. The smallest absolute Gasteiger partial charge is 0.0550 e. The molecule has 0 bridgehead atoms. The van der Waals surface area contributed by atoms with Crippen molar-refractivity contribution in [3.8, 4) is 0 Å². The summed E-state index contributed by atoms with van der Waals surface area (Å²) in [5.41, 5.74) is 6.33. The molecule has 3 N–H and O–H groups in total. The minimum absolute atomic E-state index is 0.00400. The van der Waals surface area contributed by atoms with E-state index in [2.05, 4.69) is 0 Å². The molecular weight excluding hydrogens is 138 g/mol. The molecule has 0 saturated heterocycles. The van der Waals surface area contributed by atoms with Crippen LogP contribution in [0.2, 0.25) is 0 Å². The Labute approximate surface area is 67.8 Å². The molecule has 0 heterocycles. The van der Waals surface area contributed by atoms with Crippen molar-refractivity contribution in [3.63, 3.8) is 0 Å². The molecule has 0 aromatic rings. The highest BCUT2D eigenvalue weighted by Gasteiger charge is 2.44. The van der Waals surface area contributed by atoms with Crippen LogP contribution in [0.25, 0.3) is 0 Å². The molecule has 1 spiro atoms. The lowest BCUT2D eigenvalue weighted by Crippen LogP contribution is -2.45. The van der Waals surface area contributed by atoms with Crippen LogP contribution in [0, 0.1) is 5.41 Å². The third-order valence-corrected chi connectivity index (χ3v) is 3.43. The Hall–Kier alpha value is -0.0800. The van der Waals surface area contributed by atoms with Gasteiger partial charge in [0.15, 0.2) is 0 Å². The maximum absolute atomic E-state index is 9.20. The van der Waals surface area contributed by atoms with Gasteiger partial charge in [0.1, 0.15) is 0 Å². The van der Waals surface area contributed by atoms with E-state index < -0.39 is 0 Å². The van der Waals surface area contributed by atoms with E-state index in [9.17, 15) is 5.11 Å². The zero-order chi connectivity index (χ0) is 7.90. The average Bonchev–Trinajstić information content (AvgIpc) is 1.92. The topological polar surface area (TPSA) is 46.2 Å². The van der Waals surface area contributed by atoms with Crippen LogP contribution in [0.5, 0.6) is 0 Å². The Morgan fingerprint density at radius 1 is 1.18 bits per heavy atom. The monoisotopic (exact) mass is 155 g/mol. The predicted molar refractivity (Wildman–Crippen MR) is 44.1 cm³/mol. The minimum atomic E-state index is 0.00400. The van der Waals surface area contributed by atoms with E-state index in [1.165, 1.54) is 25.7 Å². The lowest BCUT2D eigenvalue weighted by Gasteiger charge is -2.49. The first-order valence-corrected chi connectivity index (χ1v) is 4.64. The molecule has 2 fully saturated rings. The van der Waals surface area contributed by atoms with Crippen molar-refractivity contribution in [2.75, 3.05) is 0 Å². The van der Waals surface area contributed by atoms with Crippen molar-refractivity contribution >= 4 is 0 Å². The maximum Gasteiger partial charge on any atom is 0.0550 e. The first-order valence-electron chi connectivity index (χ1n) is 4.64. The van der Waals surface area contributed by atoms with Crippen LogP contribution in [-0.2, 0) is 0 Å². The van der Waals surface area contributed by atoms with Gasteiger partial charge in [0.05, 0.1) is 6.10 Å². The number of hydrogen-bond acceptors (Lipinski definition) is 2. The van der Waals surface area contributed by atoms with Crippen molar-refractivity contribution in [1.82, 2.24) is 0 Å². The van der Waals surface area contributed by atoms with E-state index in [4.69, 9.17) is 5.73 Å². The lowest BCUT2D eigenvalue weighted by atomic mass is 9.59. The van der Waals surface area contributed by atoms with Crippen LogP contribution in [0.15, 0.2) is 0 Å². The number of aliphatic hydroxyl groups is 1. The number of rotatable bonds is 0. The van der Waals surface area contributed by atoms with Crippen molar-refractivity contribution < 1.29 is 5.11 Å². The molecule has 64 valence electrons. The second kappa shape index (κ2) is 2.46. The van der Waals surface area contributed by atoms with Gasteiger partial charge in [-0.3, -0.25) is 0 Å². The average molecular weight is 155 g/mol. The molecule has 0 aromatic carbocycles. The third-order valence-electron chi connectivity index (χ3n) is 3.43. The summed E-state index contributed by atoms with van der Waals surface area (Å²) in [6, 6.07) is 0.443. The quantitative estimate of drug-likeness (QED) is 0.549. The van der Waals surface area contributed by atoms with Gasteiger partial charge in [-0.05, 0) is 43.9 Å². The van der Waals surface area contributed by atoms with Gasteiger partial charge in [0.2, 0.25) is 0 Å². The summed E-state index contributed by atoms with van der Waals surface area (Å²) in [4.78, 5) is 0. The van der Waals surface area contributed by atoms with Crippen molar-refractivity contribution in [3.05, 3.63) is 0 Å². The molecule has 2 heteroatoms. The van der Waals surface area contributed by atoms with Crippen LogP contribution < -0.4 is 5.73 Å². The highest BCUT2D eigenvalue weighted by Crippen LogP contribution is 2.51. The van der Waals surface area contributed by atoms with Gasteiger partial charge in [0.25, 0.3) is 0 Å². The van der Waals surface area contributed by atoms with Crippen LogP contribution >= 0.6 is 0 Å². The van der Waals surface area contributed by atoms with Gasteiger partial charge in [-0.15, -0.1) is 0 Å². The molecular formula is C9H17NO. The van der Waals surface area contributed by atoms with Gasteiger partial charge < -0.3 is 10.8 Å². The van der Waals surface area contributed by atoms with Gasteiger partial charge in [0, 0.05) is 6.04 Å². The van der Waals surface area contributed by atoms with Gasteiger partial charge >= 0.3 is 0 Å². The van der Waals surface area contributed by atoms with Crippen LogP contribution in [-0.4, -0.2) is 17.3 Å². The molecule has 0 aromatic heterocycles. The number of aliphatic hydroxyl groups excluding tert-OH is 1. The van der Waals surface area contributed by atoms with Crippen LogP contribution in [0.1, 0.15) is 38.5 Å². The summed E-state index contributed by atoms with van der Waals surface area (Å²) in [6.07, 6.45) is 6.94.